The summed E-state index contributed by atoms with van der Waals surface area (Å²) < 4.78 is 0. The van der Waals surface area contributed by atoms with E-state index >= 15 is 0 Å². The van der Waals surface area contributed by atoms with E-state index in [4.69, 9.17) is 0 Å². The molecular weight excluding hydrogens is 219 g/mol. The first-order chi connectivity index (χ1) is 0. The van der Waals surface area contributed by atoms with Gasteiger partial charge in [-0.3, -0.25) is 0 Å². The summed E-state index contributed by atoms with van der Waals surface area (Å²) in [5.41, 5.74) is 0. The van der Waals surface area contributed by atoms with Crippen molar-refractivity contribution in [2.24, 2.45) is 0 Å². The van der Waals surface area contributed by atoms with E-state index in [1.54, 1.807) is 0 Å². The topological polar surface area (TPSA) is 0 Å². The van der Waals surface area contributed by atoms with Gasteiger partial charge in [0.05, 0.1) is 0 Å². The molecule has 0 bridgehead atoms. The minimum absolute atomic E-state index is 0. The molecule has 0 aromatic heterocycles. The van der Waals surface area contributed by atoms with E-state index in [9.17, 15) is 0 Å². The zero-order valence-electron chi connectivity index (χ0n) is 1.74. The van der Waals surface area contributed by atoms with Crippen LogP contribution in [0.1, 0.15) is 0 Å². The van der Waals surface area contributed by atoms with Crippen molar-refractivity contribution in [1.29, 1.82) is 0 Å². The predicted octanol–water partition coefficient (Wildman–Crippen LogP) is 0.221. The number of hydrogen-bond acceptors (Lipinski definition) is 0. The third-order valence-corrected chi connectivity index (χ3v) is 0. The molecule has 0 aliphatic carbocycles. The Morgan fingerprint density at radius 3 is 0.750 bits per heavy atom. The van der Waals surface area contributed by atoms with Gasteiger partial charge in [-0.15, -0.1) is 0 Å². The minimum Gasteiger partial charge on any atom is -0.197 e. The van der Waals surface area contributed by atoms with Crippen LogP contribution < -0.4 is 0 Å². The molecule has 0 fully saturated rings. The van der Waals surface area contributed by atoms with Crippen LogP contribution in [0.2, 0.25) is 0 Å². The van der Waals surface area contributed by atoms with Crippen molar-refractivity contribution in [1.82, 2.24) is 0 Å². The van der Waals surface area contributed by atoms with Gasteiger partial charge in [-0.2, -0.15) is 27.0 Å². The first kappa shape index (κ1) is 39.3. The molecule has 31 valence electrons. The fourth-order valence-corrected chi connectivity index (χ4v) is 0. The fourth-order valence-electron chi connectivity index (χ4n) is 0. The summed E-state index contributed by atoms with van der Waals surface area (Å²) in [4.78, 5) is 0. The standard InChI is InChI=1S/Co.Mo.2H2S/h;;2*1H2. The molecule has 0 atom stereocenters. The second kappa shape index (κ2) is 20.7. The summed E-state index contributed by atoms with van der Waals surface area (Å²) in [6.45, 7) is 0. The van der Waals surface area contributed by atoms with Gasteiger partial charge in [0.1, 0.15) is 0 Å². The number of hydrogen-bond donors (Lipinski definition) is 0. The third kappa shape index (κ3) is 9.09. The normalized spacial score (nSPS) is 0. The molecule has 0 nitrogen and oxygen atoms in total. The fraction of sp³-hybridized carbons (Fsp3) is 0. The SMILES string of the molecule is S.S.[Co].[Mo]. The first-order valence-electron chi connectivity index (χ1n) is 0. The molecule has 0 amide bonds. The molecule has 0 rings (SSSR count). The van der Waals surface area contributed by atoms with Gasteiger partial charge >= 0.3 is 0 Å². The van der Waals surface area contributed by atoms with Gasteiger partial charge in [0.25, 0.3) is 0 Å². The van der Waals surface area contributed by atoms with Crippen molar-refractivity contribution in [3.05, 3.63) is 0 Å². The van der Waals surface area contributed by atoms with E-state index in [-0.39, 0.29) is 64.8 Å². The zero-order valence-corrected chi connectivity index (χ0v) is 6.79. The van der Waals surface area contributed by atoms with Crippen LogP contribution in [0.25, 0.3) is 0 Å². The molecule has 0 N–H and O–H groups in total. The van der Waals surface area contributed by atoms with E-state index in [0.29, 0.717) is 0 Å². The summed E-state index contributed by atoms with van der Waals surface area (Å²) >= 11 is 0. The van der Waals surface area contributed by atoms with Gasteiger partial charge in [0, 0.05) is 37.8 Å². The Bertz CT molecular complexity index is 6.00. The molecule has 0 spiro atoms. The van der Waals surface area contributed by atoms with E-state index in [1.807, 2.05) is 0 Å². The second-order valence-corrected chi connectivity index (χ2v) is 0. The van der Waals surface area contributed by atoms with Crippen molar-refractivity contribution < 1.29 is 37.8 Å². The van der Waals surface area contributed by atoms with Gasteiger partial charge in [0.2, 0.25) is 0 Å². The Labute approximate surface area is 64.5 Å². The van der Waals surface area contributed by atoms with Crippen LogP contribution in [0.4, 0.5) is 0 Å². The van der Waals surface area contributed by atoms with Gasteiger partial charge < -0.3 is 0 Å². The van der Waals surface area contributed by atoms with Crippen LogP contribution >= 0.6 is 27.0 Å². The van der Waals surface area contributed by atoms with E-state index in [1.165, 1.54) is 0 Å². The molecule has 4 heavy (non-hydrogen) atoms. The Kier molecular flexibility index (Phi) is 203. The Morgan fingerprint density at radius 2 is 0.750 bits per heavy atom. The molecular formula is H4CoMoS2. The maximum absolute atomic E-state index is 0. The van der Waals surface area contributed by atoms with Crippen LogP contribution in [0.3, 0.4) is 0 Å². The third-order valence-electron chi connectivity index (χ3n) is 0. The Morgan fingerprint density at radius 1 is 0.750 bits per heavy atom. The maximum atomic E-state index is 0. The molecule has 0 heterocycles. The quantitative estimate of drug-likeness (QED) is 0.515. The monoisotopic (exact) mass is 225 g/mol. The van der Waals surface area contributed by atoms with Crippen LogP contribution in [0, 0.1) is 0 Å². The average molecular weight is 223 g/mol. The van der Waals surface area contributed by atoms with Crippen molar-refractivity contribution in [3.63, 3.8) is 0 Å². The molecule has 0 aromatic rings. The molecule has 0 saturated carbocycles. The molecule has 4 heteroatoms. The van der Waals surface area contributed by atoms with E-state index < -0.39 is 0 Å². The maximum Gasteiger partial charge on any atom is 0 e. The van der Waals surface area contributed by atoms with Crippen LogP contribution in [-0.2, 0) is 37.8 Å². The van der Waals surface area contributed by atoms with E-state index in [2.05, 4.69) is 0 Å². The van der Waals surface area contributed by atoms with Crippen molar-refractivity contribution in [2.45, 2.75) is 0 Å². The summed E-state index contributed by atoms with van der Waals surface area (Å²) in [6, 6.07) is 0. The average Bonchev–Trinajstić information content (AvgIpc) is 0. The van der Waals surface area contributed by atoms with Gasteiger partial charge in [0.15, 0.2) is 0 Å². The van der Waals surface area contributed by atoms with Crippen LogP contribution in [0.15, 0.2) is 0 Å². The van der Waals surface area contributed by atoms with Crippen molar-refractivity contribution in [2.75, 3.05) is 0 Å². The van der Waals surface area contributed by atoms with Crippen molar-refractivity contribution in [3.8, 4) is 0 Å². The number of rotatable bonds is 0. The largest absolute Gasteiger partial charge is 0.197 e. The molecule has 0 saturated heterocycles. The first-order valence-corrected chi connectivity index (χ1v) is 0. The minimum atomic E-state index is 0. The second-order valence-electron chi connectivity index (χ2n) is 0. The Hall–Kier alpha value is 1.89. The summed E-state index contributed by atoms with van der Waals surface area (Å²) in [5.74, 6) is 0. The van der Waals surface area contributed by atoms with Crippen LogP contribution in [0.5, 0.6) is 0 Å². The smallest absolute Gasteiger partial charge is 0 e. The van der Waals surface area contributed by atoms with Gasteiger partial charge in [-0.05, 0) is 0 Å². The summed E-state index contributed by atoms with van der Waals surface area (Å²) in [6.07, 6.45) is 0. The molecule has 0 aliphatic heterocycles. The molecule has 0 aliphatic rings. The predicted molar refractivity (Wildman–Crippen MR) is 20.8 cm³/mol. The summed E-state index contributed by atoms with van der Waals surface area (Å²) in [7, 11) is 0. The molecule has 1 radical (unpaired) electrons. The van der Waals surface area contributed by atoms with Gasteiger partial charge in [-0.1, -0.05) is 0 Å². The van der Waals surface area contributed by atoms with Crippen LogP contribution in [-0.4, -0.2) is 0 Å². The Balaban J connectivity index is 0. The molecule has 0 unspecified atom stereocenters. The zero-order chi connectivity index (χ0) is 0. The molecule has 0 aromatic carbocycles. The van der Waals surface area contributed by atoms with E-state index in [0.717, 1.165) is 0 Å². The van der Waals surface area contributed by atoms with Crippen molar-refractivity contribution >= 4 is 27.0 Å². The van der Waals surface area contributed by atoms with Gasteiger partial charge in [-0.25, -0.2) is 0 Å². The summed E-state index contributed by atoms with van der Waals surface area (Å²) in [5, 5.41) is 0.